The van der Waals surface area contributed by atoms with Gasteiger partial charge in [0.2, 0.25) is 11.9 Å². The van der Waals surface area contributed by atoms with Crippen molar-refractivity contribution < 1.29 is 0 Å². The van der Waals surface area contributed by atoms with Crippen LogP contribution in [0.2, 0.25) is 0 Å². The summed E-state index contributed by atoms with van der Waals surface area (Å²) in [5.74, 6) is 3.31. The summed E-state index contributed by atoms with van der Waals surface area (Å²) >= 11 is 0. The average Bonchev–Trinajstić information content (AvgIpc) is 1.54. The van der Waals surface area contributed by atoms with Crippen LogP contribution < -0.4 is 0 Å². The van der Waals surface area contributed by atoms with Crippen LogP contribution in [0.5, 0.6) is 0 Å². The molecule has 0 amide bonds. The number of nitrogens with zero attached hydrogens (tertiary/aromatic N) is 12. The Hall–Kier alpha value is -15.4. The van der Waals surface area contributed by atoms with Crippen molar-refractivity contribution in [3.8, 4) is 91.3 Å². The molecule has 23 aromatic rings. The summed E-state index contributed by atoms with van der Waals surface area (Å²) in [4.78, 5) is 32.9. The van der Waals surface area contributed by atoms with Gasteiger partial charge in [-0.3, -0.25) is 9.13 Å². The summed E-state index contributed by atoms with van der Waals surface area (Å²) in [7, 11) is 0. The van der Waals surface area contributed by atoms with Crippen LogP contribution in [-0.4, -0.2) is 57.3 Å². The Kier molecular flexibility index (Phi) is 14.0. The average molecular weight is 1460 g/mol. The molecule has 532 valence electrons. The highest BCUT2D eigenvalue weighted by molar-refractivity contribution is 6.26. The number of allylic oxidation sites excluding steroid dienone is 1. The molecule has 12 nitrogen and oxygen atoms in total. The van der Waals surface area contributed by atoms with E-state index in [0.717, 1.165) is 167 Å². The van der Waals surface area contributed by atoms with Crippen LogP contribution in [0.25, 0.3) is 217 Å². The summed E-state index contributed by atoms with van der Waals surface area (Å²) in [5, 5.41) is 12.4. The molecule has 0 atom stereocenters. The fraction of sp³-hybridized carbons (Fsp3) is 0.0196. The van der Waals surface area contributed by atoms with Crippen molar-refractivity contribution >= 4 is 126 Å². The van der Waals surface area contributed by atoms with Crippen molar-refractivity contribution in [1.29, 1.82) is 0 Å². The van der Waals surface area contributed by atoms with E-state index in [1.165, 1.54) is 32.9 Å². The molecule has 1 aliphatic carbocycles. The fourth-order valence-electron chi connectivity index (χ4n) is 18.4. The van der Waals surface area contributed by atoms with Crippen molar-refractivity contribution in [3.63, 3.8) is 0 Å². The molecule has 8 aromatic heterocycles. The highest BCUT2D eigenvalue weighted by Gasteiger charge is 2.29. The lowest BCUT2D eigenvalue weighted by molar-refractivity contribution is 0.887. The second-order valence-electron chi connectivity index (χ2n) is 29.6. The normalized spacial score (nSPS) is 12.5. The molecule has 0 radical (unpaired) electrons. The molecular weight excluding hydrogens is 1390 g/mol. The molecule has 15 aromatic carbocycles. The Bertz CT molecular complexity index is 7860. The molecular formula is C102H64N12. The molecule has 114 heavy (non-hydrogen) atoms. The van der Waals surface area contributed by atoms with Gasteiger partial charge in [0.25, 0.3) is 0 Å². The van der Waals surface area contributed by atoms with E-state index < -0.39 is 0 Å². The van der Waals surface area contributed by atoms with E-state index >= 15 is 0 Å². The van der Waals surface area contributed by atoms with Crippen LogP contribution in [0.15, 0.2) is 358 Å². The van der Waals surface area contributed by atoms with E-state index in [2.05, 4.69) is 337 Å². The monoisotopic (exact) mass is 1460 g/mol. The summed E-state index contributed by atoms with van der Waals surface area (Å²) in [5.41, 5.74) is 24.0. The minimum absolute atomic E-state index is 0.510. The van der Waals surface area contributed by atoms with Crippen molar-refractivity contribution in [2.24, 2.45) is 0 Å². The predicted molar refractivity (Wildman–Crippen MR) is 466 cm³/mol. The second-order valence-corrected chi connectivity index (χ2v) is 29.6. The quantitative estimate of drug-likeness (QED) is 0.128. The van der Waals surface area contributed by atoms with Gasteiger partial charge in [-0.25, -0.2) is 9.97 Å². The van der Waals surface area contributed by atoms with Gasteiger partial charge >= 0.3 is 0 Å². The molecule has 0 unspecified atom stereocenters. The molecule has 8 heterocycles. The van der Waals surface area contributed by atoms with Gasteiger partial charge in [-0.15, -0.1) is 0 Å². The Morgan fingerprint density at radius 1 is 0.202 bits per heavy atom. The smallest absolute Gasteiger partial charge is 0.238 e. The highest BCUT2D eigenvalue weighted by atomic mass is 15.2. The first-order valence-corrected chi connectivity index (χ1v) is 38.8. The Balaban J connectivity index is 0.739. The number of aromatic nitrogens is 12. The van der Waals surface area contributed by atoms with Crippen molar-refractivity contribution in [2.45, 2.75) is 12.8 Å². The summed E-state index contributed by atoms with van der Waals surface area (Å²) in [6.45, 7) is 0. The number of benzene rings is 15. The van der Waals surface area contributed by atoms with Gasteiger partial charge < -0.3 is 18.3 Å². The standard InChI is InChI=1S/C102H64N12/c1-5-27-63(28-6-1)97-103-98(64-29-7-2-8-30-64)106-101(105-97)114-91-58-52-66(60-84(91)83-57-56-80-77-43-17-23-49-89(77)112(94(80)96(83)114)72-38-26-37-71(62-72)110-87-47-21-15-41-75(87)76-42-16-22-48-88(76)110)67-51-53-79-82-55-54-81-78-44-18-24-50-90(78)113(95(81)93(82)111(92(79)61-67)69-34-11-4-12-35-69)102-107-99(65-31-9-3-10-32-65)104-100(108-102)68-33-25-36-70(59-68)109-85-45-19-13-39-73(85)74-40-14-20-46-86(74)109/h1-21,23-47,49-62H,22,48H2. The summed E-state index contributed by atoms with van der Waals surface area (Å²) in [6.07, 6.45) is 6.57. The third-order valence-corrected chi connectivity index (χ3v) is 23.4. The van der Waals surface area contributed by atoms with E-state index in [1.807, 2.05) is 54.6 Å². The molecule has 24 rings (SSSR count). The topological polar surface area (TPSA) is 107 Å². The number of para-hydroxylation sites is 6. The largest absolute Gasteiger partial charge is 0.313 e. The minimum Gasteiger partial charge on any atom is -0.313 e. The summed E-state index contributed by atoms with van der Waals surface area (Å²) in [6, 6.07) is 126. The SMILES string of the molecule is C1=Cc2c(n(-c3cccc(-n4c5ccccc5c5ccc6c7cc(-c8ccc9c%10ccc%11c%12ccccc%12n(-c%12nc(-c%13ccccc%13)nc(-c%13cccc(-n%14c%15ccccc%15c%15ccccc%15%14)c%13)n%12)c%11c%10n(-c%10ccccc%10)c9c8)ccc7n(-c7nc(-c8ccccc8)nc(-c8ccccc8)n7)c6c54)c3)c3ccccc23)CC1. The van der Waals surface area contributed by atoms with Gasteiger partial charge in [-0.1, -0.05) is 273 Å². The lowest BCUT2D eigenvalue weighted by atomic mass is 10.0. The van der Waals surface area contributed by atoms with Crippen LogP contribution in [0.3, 0.4) is 0 Å². The Morgan fingerprint density at radius 3 is 1.10 bits per heavy atom. The third kappa shape index (κ3) is 9.64. The first-order chi connectivity index (χ1) is 56.6. The highest BCUT2D eigenvalue weighted by Crippen LogP contribution is 2.47. The fourth-order valence-corrected chi connectivity index (χ4v) is 18.4. The molecule has 0 bridgehead atoms. The zero-order valence-electron chi connectivity index (χ0n) is 61.4. The van der Waals surface area contributed by atoms with Crippen LogP contribution in [-0.2, 0) is 6.42 Å². The molecule has 0 saturated carbocycles. The molecule has 0 saturated heterocycles. The lowest BCUT2D eigenvalue weighted by Crippen LogP contribution is -2.07. The van der Waals surface area contributed by atoms with E-state index in [-0.39, 0.29) is 0 Å². The van der Waals surface area contributed by atoms with Crippen molar-refractivity contribution in [3.05, 3.63) is 369 Å². The van der Waals surface area contributed by atoms with E-state index in [0.29, 0.717) is 35.2 Å². The maximum atomic E-state index is 5.63. The maximum Gasteiger partial charge on any atom is 0.238 e. The van der Waals surface area contributed by atoms with Crippen LogP contribution >= 0.6 is 0 Å². The van der Waals surface area contributed by atoms with Gasteiger partial charge in [0.1, 0.15) is 0 Å². The molecule has 0 fully saturated rings. The number of hydrogen-bond donors (Lipinski definition) is 0. The number of fused-ring (bicyclic) bond motifs is 20. The lowest BCUT2D eigenvalue weighted by Gasteiger charge is -2.16. The van der Waals surface area contributed by atoms with E-state index in [4.69, 9.17) is 29.9 Å². The first-order valence-electron chi connectivity index (χ1n) is 38.8. The first kappa shape index (κ1) is 63.5. The Morgan fingerprint density at radius 2 is 0.553 bits per heavy atom. The number of rotatable bonds is 11. The van der Waals surface area contributed by atoms with Gasteiger partial charge in [-0.05, 0) is 115 Å². The maximum absolute atomic E-state index is 5.63. The van der Waals surface area contributed by atoms with Crippen LogP contribution in [0, 0.1) is 0 Å². The van der Waals surface area contributed by atoms with Crippen molar-refractivity contribution in [1.82, 2.24) is 57.3 Å². The molecule has 1 aliphatic rings. The molecule has 12 heteroatoms. The van der Waals surface area contributed by atoms with Gasteiger partial charge in [-0.2, -0.15) is 19.9 Å². The minimum atomic E-state index is 0.510. The number of hydrogen-bond acceptors (Lipinski definition) is 6. The van der Waals surface area contributed by atoms with E-state index in [1.54, 1.807) is 0 Å². The van der Waals surface area contributed by atoms with Gasteiger partial charge in [0.05, 0.1) is 60.7 Å². The zero-order valence-corrected chi connectivity index (χ0v) is 61.4. The Labute approximate surface area is 652 Å². The van der Waals surface area contributed by atoms with Crippen LogP contribution in [0.4, 0.5) is 0 Å². The molecule has 0 N–H and O–H groups in total. The van der Waals surface area contributed by atoms with Gasteiger partial charge in [0, 0.05) is 116 Å². The third-order valence-electron chi connectivity index (χ3n) is 23.4. The van der Waals surface area contributed by atoms with Gasteiger partial charge in [0.15, 0.2) is 23.3 Å². The molecule has 0 aliphatic heterocycles. The second kappa shape index (κ2) is 25.1. The summed E-state index contributed by atoms with van der Waals surface area (Å²) < 4.78 is 14.4. The van der Waals surface area contributed by atoms with Crippen molar-refractivity contribution in [2.75, 3.05) is 0 Å². The predicted octanol–water partition coefficient (Wildman–Crippen LogP) is 24.8. The van der Waals surface area contributed by atoms with Crippen LogP contribution in [0.1, 0.15) is 17.7 Å². The van der Waals surface area contributed by atoms with E-state index in [9.17, 15) is 0 Å². The molecule has 0 spiro atoms. The zero-order chi connectivity index (χ0) is 74.6.